The zero-order valence-electron chi connectivity index (χ0n) is 15.5. The smallest absolute Gasteiger partial charge is 0.224 e. The second kappa shape index (κ2) is 6.49. The Kier molecular flexibility index (Phi) is 6.32. The lowest BCUT2D eigenvalue weighted by Crippen LogP contribution is -2.50. The molecule has 0 aliphatic rings. The second-order valence-corrected chi connectivity index (χ2v) is 9.65. The molecule has 0 aliphatic heterocycles. The van der Waals surface area contributed by atoms with Gasteiger partial charge >= 0.3 is 0 Å². The largest absolute Gasteiger partial charge is 0.351 e. The van der Waals surface area contributed by atoms with Crippen LogP contribution in [0.15, 0.2) is 0 Å². The zero-order valence-corrected chi connectivity index (χ0v) is 15.5. The summed E-state index contributed by atoms with van der Waals surface area (Å²) in [5, 5.41) is 3.28. The fourth-order valence-electron chi connectivity index (χ4n) is 2.90. The maximum Gasteiger partial charge on any atom is 0.224 e. The molecule has 0 fully saturated rings. The summed E-state index contributed by atoms with van der Waals surface area (Å²) < 4.78 is 0. The Morgan fingerprint density at radius 3 is 1.65 bits per heavy atom. The van der Waals surface area contributed by atoms with Gasteiger partial charge in [0.05, 0.1) is 0 Å². The van der Waals surface area contributed by atoms with Crippen LogP contribution in [0.1, 0.15) is 82.1 Å². The summed E-state index contributed by atoms with van der Waals surface area (Å²) in [5.41, 5.74) is 0.0232. The lowest BCUT2D eigenvalue weighted by molar-refractivity contribution is -0.131. The average molecular weight is 284 g/mol. The number of rotatable bonds is 5. The number of carbonyl (C=O) groups is 1. The van der Waals surface area contributed by atoms with E-state index >= 15 is 0 Å². The quantitative estimate of drug-likeness (QED) is 0.753. The van der Waals surface area contributed by atoms with Crippen molar-refractivity contribution in [3.05, 3.63) is 0 Å². The predicted molar refractivity (Wildman–Crippen MR) is 88.7 cm³/mol. The highest BCUT2D eigenvalue weighted by Gasteiger charge is 2.36. The van der Waals surface area contributed by atoms with Gasteiger partial charge in [0.25, 0.3) is 0 Å². The van der Waals surface area contributed by atoms with E-state index in [1.807, 2.05) is 0 Å². The molecule has 0 aromatic carbocycles. The summed E-state index contributed by atoms with van der Waals surface area (Å²) in [6.07, 6.45) is 1.92. The molecular weight excluding hydrogens is 246 g/mol. The van der Waals surface area contributed by atoms with Crippen LogP contribution in [0.25, 0.3) is 0 Å². The van der Waals surface area contributed by atoms with Crippen LogP contribution < -0.4 is 5.32 Å². The van der Waals surface area contributed by atoms with Crippen LogP contribution in [0.5, 0.6) is 0 Å². The summed E-state index contributed by atoms with van der Waals surface area (Å²) in [6, 6.07) is 0. The second-order valence-electron chi connectivity index (χ2n) is 9.65. The van der Waals surface area contributed by atoms with Crippen LogP contribution >= 0.6 is 0 Å². The summed E-state index contributed by atoms with van der Waals surface area (Å²) in [7, 11) is 0. The normalized spacial score (nSPS) is 15.3. The van der Waals surface area contributed by atoms with Crippen molar-refractivity contribution in [2.75, 3.05) is 0 Å². The van der Waals surface area contributed by atoms with Crippen LogP contribution in [0.2, 0.25) is 0 Å². The first-order valence-corrected chi connectivity index (χ1v) is 7.96. The van der Waals surface area contributed by atoms with Crippen molar-refractivity contribution in [3.8, 4) is 0 Å². The Morgan fingerprint density at radius 2 is 1.35 bits per heavy atom. The number of carbonyl (C=O) groups excluding carboxylic acids is 1. The molecular formula is C18H37NO. The Labute approximate surface area is 127 Å². The third-order valence-corrected chi connectivity index (χ3v) is 3.56. The van der Waals surface area contributed by atoms with Gasteiger partial charge in [-0.2, -0.15) is 0 Å². The van der Waals surface area contributed by atoms with E-state index < -0.39 is 0 Å². The number of amides is 1. The van der Waals surface area contributed by atoms with Gasteiger partial charge in [-0.25, -0.2) is 0 Å². The van der Waals surface area contributed by atoms with Gasteiger partial charge < -0.3 is 5.32 Å². The number of hydrogen-bond donors (Lipinski definition) is 1. The Hall–Kier alpha value is -0.530. The first kappa shape index (κ1) is 19.5. The monoisotopic (exact) mass is 283 g/mol. The van der Waals surface area contributed by atoms with E-state index in [9.17, 15) is 4.79 Å². The van der Waals surface area contributed by atoms with Gasteiger partial charge in [-0.05, 0) is 43.4 Å². The molecule has 0 bridgehead atoms. The SMILES string of the molecule is CC(C)CC(C)(C)NC(=O)C(CC(C)(C)C)C(C)(C)C. The van der Waals surface area contributed by atoms with Crippen LogP contribution in [-0.4, -0.2) is 11.4 Å². The zero-order chi connectivity index (χ0) is 16.4. The lowest BCUT2D eigenvalue weighted by atomic mass is 9.71. The standard InChI is InChI=1S/C18H37NO/c1-13(2)11-18(9,10)19-15(20)14(17(6,7)8)12-16(3,4)5/h13-14H,11-12H2,1-10H3,(H,19,20). The van der Waals surface area contributed by atoms with E-state index in [1.165, 1.54) is 0 Å². The molecule has 0 aliphatic carbocycles. The molecule has 0 radical (unpaired) electrons. The summed E-state index contributed by atoms with van der Waals surface area (Å²) in [5.74, 6) is 0.841. The highest BCUT2D eigenvalue weighted by atomic mass is 16.2. The van der Waals surface area contributed by atoms with Gasteiger partial charge in [0.1, 0.15) is 0 Å². The first-order valence-electron chi connectivity index (χ1n) is 7.96. The number of nitrogens with one attached hydrogen (secondary N) is 1. The fourth-order valence-corrected chi connectivity index (χ4v) is 2.90. The minimum absolute atomic E-state index is 0.00866. The van der Waals surface area contributed by atoms with Gasteiger partial charge in [0, 0.05) is 11.5 Å². The van der Waals surface area contributed by atoms with Gasteiger partial charge in [-0.1, -0.05) is 55.4 Å². The van der Waals surface area contributed by atoms with Crippen molar-refractivity contribution in [1.29, 1.82) is 0 Å². The Balaban J connectivity index is 4.99. The predicted octanol–water partition coefficient (Wildman–Crippen LogP) is 5.03. The molecule has 0 saturated carbocycles. The van der Waals surface area contributed by atoms with Crippen molar-refractivity contribution in [2.45, 2.75) is 87.6 Å². The third-order valence-electron chi connectivity index (χ3n) is 3.56. The fraction of sp³-hybridized carbons (Fsp3) is 0.944. The van der Waals surface area contributed by atoms with Crippen molar-refractivity contribution in [2.24, 2.45) is 22.7 Å². The molecule has 20 heavy (non-hydrogen) atoms. The Bertz CT molecular complexity index is 315. The molecule has 1 unspecified atom stereocenters. The molecule has 0 heterocycles. The van der Waals surface area contributed by atoms with E-state index in [0.717, 1.165) is 12.8 Å². The van der Waals surface area contributed by atoms with E-state index in [-0.39, 0.29) is 28.2 Å². The highest BCUT2D eigenvalue weighted by Crippen LogP contribution is 2.36. The molecule has 0 rings (SSSR count). The van der Waals surface area contributed by atoms with Crippen molar-refractivity contribution < 1.29 is 4.79 Å². The molecule has 1 N–H and O–H groups in total. The van der Waals surface area contributed by atoms with Gasteiger partial charge in [-0.3, -0.25) is 4.79 Å². The summed E-state index contributed by atoms with van der Waals surface area (Å²) in [4.78, 5) is 12.8. The molecule has 2 heteroatoms. The van der Waals surface area contributed by atoms with E-state index in [4.69, 9.17) is 0 Å². The summed E-state index contributed by atoms with van der Waals surface area (Å²) in [6.45, 7) is 21.8. The maximum atomic E-state index is 12.8. The van der Waals surface area contributed by atoms with Crippen LogP contribution in [0.3, 0.4) is 0 Å². The highest BCUT2D eigenvalue weighted by molar-refractivity contribution is 5.80. The van der Waals surface area contributed by atoms with Gasteiger partial charge in [-0.15, -0.1) is 0 Å². The molecule has 1 amide bonds. The van der Waals surface area contributed by atoms with Gasteiger partial charge in [0.15, 0.2) is 0 Å². The molecule has 0 saturated heterocycles. The minimum atomic E-state index is -0.132. The number of hydrogen-bond acceptors (Lipinski definition) is 1. The third kappa shape index (κ3) is 7.91. The van der Waals surface area contributed by atoms with E-state index in [0.29, 0.717) is 5.92 Å². The van der Waals surface area contributed by atoms with Crippen molar-refractivity contribution >= 4 is 5.91 Å². The van der Waals surface area contributed by atoms with Crippen LogP contribution in [0, 0.1) is 22.7 Å². The van der Waals surface area contributed by atoms with Crippen LogP contribution in [0.4, 0.5) is 0 Å². The molecule has 120 valence electrons. The molecule has 1 atom stereocenters. The average Bonchev–Trinajstić information content (AvgIpc) is 2.07. The molecule has 2 nitrogen and oxygen atoms in total. The topological polar surface area (TPSA) is 29.1 Å². The Morgan fingerprint density at radius 1 is 0.900 bits per heavy atom. The minimum Gasteiger partial charge on any atom is -0.351 e. The lowest BCUT2D eigenvalue weighted by Gasteiger charge is -2.37. The van der Waals surface area contributed by atoms with Gasteiger partial charge in [0.2, 0.25) is 5.91 Å². The molecule has 0 aromatic rings. The van der Waals surface area contributed by atoms with E-state index in [2.05, 4.69) is 74.6 Å². The molecule has 0 spiro atoms. The summed E-state index contributed by atoms with van der Waals surface area (Å²) >= 11 is 0. The van der Waals surface area contributed by atoms with E-state index in [1.54, 1.807) is 0 Å². The van der Waals surface area contributed by atoms with Crippen molar-refractivity contribution in [3.63, 3.8) is 0 Å². The van der Waals surface area contributed by atoms with Crippen molar-refractivity contribution in [1.82, 2.24) is 5.32 Å². The van der Waals surface area contributed by atoms with Crippen LogP contribution in [-0.2, 0) is 4.79 Å². The maximum absolute atomic E-state index is 12.8. The first-order chi connectivity index (χ1) is 8.64. The molecule has 0 aromatic heterocycles.